The molecular formula is C26H34N2O5. The fraction of sp³-hybridized carbons (Fsp3) is 0.577. The topological polar surface area (TPSA) is 79.6 Å². The second-order valence-electron chi connectivity index (χ2n) is 9.95. The minimum atomic E-state index is -0.609. The molecule has 1 saturated carbocycles. The van der Waals surface area contributed by atoms with Crippen LogP contribution in [0.15, 0.2) is 23.1 Å². The van der Waals surface area contributed by atoms with Crippen molar-refractivity contribution in [2.24, 2.45) is 5.41 Å². The maximum atomic E-state index is 13.0. The van der Waals surface area contributed by atoms with E-state index in [4.69, 9.17) is 19.2 Å². The van der Waals surface area contributed by atoms with E-state index in [0.29, 0.717) is 36.3 Å². The first-order valence-corrected chi connectivity index (χ1v) is 12.0. The predicted octanol–water partition coefficient (Wildman–Crippen LogP) is 5.12. The van der Waals surface area contributed by atoms with Gasteiger partial charge in [0.2, 0.25) is 0 Å². The Morgan fingerprint density at radius 1 is 1.24 bits per heavy atom. The summed E-state index contributed by atoms with van der Waals surface area (Å²) < 4.78 is 19.5. The Bertz CT molecular complexity index is 1100. The fourth-order valence-electron chi connectivity index (χ4n) is 4.15. The summed E-state index contributed by atoms with van der Waals surface area (Å²) in [5.74, 6) is 1.14. The lowest BCUT2D eigenvalue weighted by atomic mass is 9.86. The molecule has 0 saturated heterocycles. The molecule has 0 amide bonds. The Labute approximate surface area is 195 Å². The van der Waals surface area contributed by atoms with Crippen molar-refractivity contribution in [1.29, 1.82) is 0 Å². The molecule has 4 rings (SSSR count). The highest BCUT2D eigenvalue weighted by molar-refractivity contribution is 5.89. The fourth-order valence-corrected chi connectivity index (χ4v) is 4.15. The monoisotopic (exact) mass is 454 g/mol. The Morgan fingerprint density at radius 3 is 2.64 bits per heavy atom. The van der Waals surface area contributed by atoms with Crippen LogP contribution >= 0.6 is 0 Å². The average Bonchev–Trinajstić information content (AvgIpc) is 3.59. The van der Waals surface area contributed by atoms with Crippen LogP contribution < -0.4 is 14.9 Å². The number of esters is 1. The molecule has 2 aliphatic rings. The second kappa shape index (κ2) is 9.20. The highest BCUT2D eigenvalue weighted by atomic mass is 16.5. The zero-order chi connectivity index (χ0) is 23.8. The molecule has 2 aromatic heterocycles. The van der Waals surface area contributed by atoms with Gasteiger partial charge in [-0.05, 0) is 31.6 Å². The molecule has 0 unspecified atom stereocenters. The SMILES string of the molecule is CCCCOc1cc2c(nc1C1CC1)-c1cc(=O)c(C(=O)OCC)cn1[C@H](C(C)(C)C)CO2. The third-order valence-corrected chi connectivity index (χ3v) is 6.25. The van der Waals surface area contributed by atoms with Crippen LogP contribution in [-0.2, 0) is 4.74 Å². The molecule has 0 bridgehead atoms. The van der Waals surface area contributed by atoms with Gasteiger partial charge in [-0.3, -0.25) is 4.79 Å². The number of unbranched alkanes of at least 4 members (excludes halogenated alkanes) is 1. The van der Waals surface area contributed by atoms with E-state index >= 15 is 0 Å². The van der Waals surface area contributed by atoms with Crippen LogP contribution in [0.25, 0.3) is 11.4 Å². The summed E-state index contributed by atoms with van der Waals surface area (Å²) in [5, 5.41) is 0. The van der Waals surface area contributed by atoms with Gasteiger partial charge < -0.3 is 18.8 Å². The molecule has 0 radical (unpaired) electrons. The predicted molar refractivity (Wildman–Crippen MR) is 126 cm³/mol. The van der Waals surface area contributed by atoms with Gasteiger partial charge in [0.05, 0.1) is 30.6 Å². The van der Waals surface area contributed by atoms with Crippen molar-refractivity contribution >= 4 is 5.97 Å². The van der Waals surface area contributed by atoms with Gasteiger partial charge in [-0.2, -0.15) is 0 Å². The maximum Gasteiger partial charge on any atom is 0.343 e. The molecular weight excluding hydrogens is 420 g/mol. The van der Waals surface area contributed by atoms with Gasteiger partial charge >= 0.3 is 5.97 Å². The van der Waals surface area contributed by atoms with Crippen molar-refractivity contribution < 1.29 is 19.0 Å². The molecule has 33 heavy (non-hydrogen) atoms. The van der Waals surface area contributed by atoms with Crippen LogP contribution in [0, 0.1) is 5.41 Å². The molecule has 0 aromatic carbocycles. The van der Waals surface area contributed by atoms with Crippen molar-refractivity contribution in [1.82, 2.24) is 9.55 Å². The van der Waals surface area contributed by atoms with E-state index in [0.717, 1.165) is 37.1 Å². The van der Waals surface area contributed by atoms with Crippen LogP contribution in [0.4, 0.5) is 0 Å². The van der Waals surface area contributed by atoms with Crippen molar-refractivity contribution in [2.45, 2.75) is 72.3 Å². The summed E-state index contributed by atoms with van der Waals surface area (Å²) in [6, 6.07) is 3.31. The maximum absolute atomic E-state index is 13.0. The van der Waals surface area contributed by atoms with Gasteiger partial charge in [0.25, 0.3) is 0 Å². The molecule has 0 spiro atoms. The second-order valence-corrected chi connectivity index (χ2v) is 9.95. The number of pyridine rings is 2. The summed E-state index contributed by atoms with van der Waals surface area (Å²) in [6.07, 6.45) is 5.81. The Morgan fingerprint density at radius 2 is 2.00 bits per heavy atom. The lowest BCUT2D eigenvalue weighted by Gasteiger charge is -2.32. The van der Waals surface area contributed by atoms with Crippen molar-refractivity contribution in [3.8, 4) is 22.9 Å². The largest absolute Gasteiger partial charge is 0.492 e. The number of fused-ring (bicyclic) bond motifs is 3. The van der Waals surface area contributed by atoms with Crippen LogP contribution in [-0.4, -0.2) is 35.3 Å². The molecule has 1 atom stereocenters. The lowest BCUT2D eigenvalue weighted by molar-refractivity contribution is 0.0522. The Kier molecular flexibility index (Phi) is 6.50. The zero-order valence-electron chi connectivity index (χ0n) is 20.3. The van der Waals surface area contributed by atoms with Gasteiger partial charge in [-0.15, -0.1) is 0 Å². The van der Waals surface area contributed by atoms with E-state index in [1.165, 1.54) is 6.07 Å². The number of aromatic nitrogens is 2. The van der Waals surface area contributed by atoms with E-state index in [9.17, 15) is 9.59 Å². The minimum absolute atomic E-state index is 0.0280. The van der Waals surface area contributed by atoms with Gasteiger partial charge in [-0.1, -0.05) is 34.1 Å². The van der Waals surface area contributed by atoms with Gasteiger partial charge in [-0.25, -0.2) is 9.78 Å². The first-order valence-electron chi connectivity index (χ1n) is 12.0. The number of carbonyl (C=O) groups excluding carboxylic acids is 1. The van der Waals surface area contributed by atoms with E-state index < -0.39 is 5.97 Å². The molecule has 7 nitrogen and oxygen atoms in total. The molecule has 2 aromatic rings. The van der Waals surface area contributed by atoms with Crippen molar-refractivity contribution in [3.05, 3.63) is 39.8 Å². The molecule has 1 aliphatic carbocycles. The lowest BCUT2D eigenvalue weighted by Crippen LogP contribution is -2.31. The van der Waals surface area contributed by atoms with Crippen molar-refractivity contribution in [2.75, 3.05) is 19.8 Å². The quantitative estimate of drug-likeness (QED) is 0.427. The summed E-state index contributed by atoms with van der Waals surface area (Å²) in [7, 11) is 0. The van der Waals surface area contributed by atoms with Crippen LogP contribution in [0.2, 0.25) is 0 Å². The summed E-state index contributed by atoms with van der Waals surface area (Å²) >= 11 is 0. The summed E-state index contributed by atoms with van der Waals surface area (Å²) in [5.41, 5.74) is 1.66. The number of rotatable bonds is 7. The van der Waals surface area contributed by atoms with E-state index in [1.807, 2.05) is 10.6 Å². The average molecular weight is 455 g/mol. The van der Waals surface area contributed by atoms with Crippen molar-refractivity contribution in [3.63, 3.8) is 0 Å². The van der Waals surface area contributed by atoms with Gasteiger partial charge in [0.15, 0.2) is 11.2 Å². The third-order valence-electron chi connectivity index (χ3n) is 6.25. The van der Waals surface area contributed by atoms with Crippen LogP contribution in [0.3, 0.4) is 0 Å². The third kappa shape index (κ3) is 4.77. The van der Waals surface area contributed by atoms with E-state index in [-0.39, 0.29) is 29.1 Å². The Hall–Kier alpha value is -2.83. The zero-order valence-corrected chi connectivity index (χ0v) is 20.3. The minimum Gasteiger partial charge on any atom is -0.492 e. The smallest absolute Gasteiger partial charge is 0.343 e. The standard InChI is InChI=1S/C26H34N2O5/c1-6-8-11-32-20-13-21-24(27-23(20)16-9-10-16)18-12-19(29)17(25(30)31-7-2)14-28(18)22(15-33-21)26(3,4)5/h12-14,16,22H,6-11,15H2,1-5H3/t22-/m0/s1. The highest BCUT2D eigenvalue weighted by Crippen LogP contribution is 2.48. The normalized spacial score (nSPS) is 17.4. The van der Waals surface area contributed by atoms with Crippen LogP contribution in [0.1, 0.15) is 88.3 Å². The highest BCUT2D eigenvalue weighted by Gasteiger charge is 2.36. The summed E-state index contributed by atoms with van der Waals surface area (Å²) in [6.45, 7) is 11.4. The number of hydrogen-bond donors (Lipinski definition) is 0. The van der Waals surface area contributed by atoms with E-state index in [2.05, 4.69) is 27.7 Å². The van der Waals surface area contributed by atoms with Gasteiger partial charge in [0, 0.05) is 24.2 Å². The molecule has 7 heteroatoms. The van der Waals surface area contributed by atoms with Crippen LogP contribution in [0.5, 0.6) is 11.5 Å². The van der Waals surface area contributed by atoms with Gasteiger partial charge in [0.1, 0.15) is 23.6 Å². The molecule has 178 valence electrons. The summed E-state index contributed by atoms with van der Waals surface area (Å²) in [4.78, 5) is 30.4. The molecule has 1 aliphatic heterocycles. The Balaban J connectivity index is 1.88. The number of ether oxygens (including phenoxy) is 3. The number of hydrogen-bond acceptors (Lipinski definition) is 6. The molecule has 0 N–H and O–H groups in total. The van der Waals surface area contributed by atoms with E-state index in [1.54, 1.807) is 13.1 Å². The first-order chi connectivity index (χ1) is 15.7. The molecule has 3 heterocycles. The molecule has 1 fully saturated rings. The number of carbonyl (C=O) groups is 1. The number of nitrogens with zero attached hydrogens (tertiary/aromatic N) is 2. The first kappa shape index (κ1) is 23.3.